The molecule has 0 aliphatic carbocycles. The highest BCUT2D eigenvalue weighted by Crippen LogP contribution is 2.30. The van der Waals surface area contributed by atoms with Crippen molar-refractivity contribution in [3.05, 3.63) is 83.1 Å². The summed E-state index contributed by atoms with van der Waals surface area (Å²) in [5.74, 6) is -0.475. The molecule has 0 radical (unpaired) electrons. The number of pyridine rings is 1. The number of amides is 1. The van der Waals surface area contributed by atoms with E-state index in [1.54, 1.807) is 11.0 Å². The third kappa shape index (κ3) is 4.08. The molecule has 3 aromatic rings. The van der Waals surface area contributed by atoms with E-state index in [2.05, 4.69) is 6.58 Å². The summed E-state index contributed by atoms with van der Waals surface area (Å²) in [7, 11) is 3.89. The lowest BCUT2D eigenvalue weighted by Crippen LogP contribution is -2.37. The minimum absolute atomic E-state index is 0.0610. The molecule has 1 aliphatic heterocycles. The highest BCUT2D eigenvalue weighted by Gasteiger charge is 2.29. The van der Waals surface area contributed by atoms with Crippen LogP contribution in [-0.2, 0) is 17.7 Å². The van der Waals surface area contributed by atoms with Crippen LogP contribution in [0.15, 0.2) is 55.1 Å². The molecule has 0 saturated heterocycles. The molecule has 6 nitrogen and oxygen atoms in total. The van der Waals surface area contributed by atoms with Crippen LogP contribution in [0, 0.1) is 6.92 Å². The molecule has 1 aliphatic rings. The number of hydrogen-bond acceptors (Lipinski definition) is 5. The van der Waals surface area contributed by atoms with Crippen LogP contribution in [0.5, 0.6) is 0 Å². The van der Waals surface area contributed by atoms with E-state index in [1.165, 1.54) is 0 Å². The Hall–Kier alpha value is -3.67. The first-order chi connectivity index (χ1) is 15.4. The van der Waals surface area contributed by atoms with Crippen LogP contribution in [0.25, 0.3) is 10.9 Å². The third-order valence-corrected chi connectivity index (χ3v) is 5.73. The molecule has 2 heterocycles. The minimum Gasteiger partial charge on any atom is -0.458 e. The molecule has 0 N–H and O–H groups in total. The molecule has 0 bridgehead atoms. The molecule has 6 heteroatoms. The Morgan fingerprint density at radius 2 is 2.03 bits per heavy atom. The molecule has 0 atom stereocenters. The predicted molar refractivity (Wildman–Crippen MR) is 126 cm³/mol. The van der Waals surface area contributed by atoms with E-state index >= 15 is 0 Å². The summed E-state index contributed by atoms with van der Waals surface area (Å²) in [6.07, 6.45) is 2.13. The number of anilines is 1. The zero-order valence-electron chi connectivity index (χ0n) is 18.7. The number of ether oxygens (including phenoxy) is 1. The Labute approximate surface area is 188 Å². The summed E-state index contributed by atoms with van der Waals surface area (Å²) in [6, 6.07) is 13.4. The highest BCUT2D eigenvalue weighted by molar-refractivity contribution is 6.05. The van der Waals surface area contributed by atoms with Gasteiger partial charge in [0.15, 0.2) is 0 Å². The van der Waals surface area contributed by atoms with Crippen LogP contribution < -0.4 is 4.90 Å². The Balaban J connectivity index is 1.76. The molecule has 1 aromatic heterocycles. The molecule has 0 saturated carbocycles. The first-order valence-electron chi connectivity index (χ1n) is 10.7. The van der Waals surface area contributed by atoms with Crippen molar-refractivity contribution < 1.29 is 14.3 Å². The third-order valence-electron chi connectivity index (χ3n) is 5.73. The van der Waals surface area contributed by atoms with Gasteiger partial charge < -0.3 is 14.5 Å². The number of fused-ring (bicyclic) bond motifs is 2. The zero-order valence-corrected chi connectivity index (χ0v) is 18.7. The average molecular weight is 430 g/mol. The van der Waals surface area contributed by atoms with E-state index in [0.717, 1.165) is 33.4 Å². The number of esters is 1. The quantitative estimate of drug-likeness (QED) is 0.450. The van der Waals surface area contributed by atoms with Gasteiger partial charge in [0.25, 0.3) is 5.91 Å². The lowest BCUT2D eigenvalue weighted by atomic mass is 9.94. The fraction of sp³-hybridized carbons (Fsp3) is 0.269. The molecular weight excluding hydrogens is 402 g/mol. The average Bonchev–Trinajstić information content (AvgIpc) is 2.80. The van der Waals surface area contributed by atoms with Gasteiger partial charge in [0.1, 0.15) is 6.61 Å². The largest absolute Gasteiger partial charge is 0.458 e. The number of benzene rings is 2. The van der Waals surface area contributed by atoms with Gasteiger partial charge in [0.2, 0.25) is 0 Å². The molecule has 0 fully saturated rings. The van der Waals surface area contributed by atoms with Gasteiger partial charge in [0.05, 0.1) is 11.1 Å². The Bertz CT molecular complexity index is 1220. The number of rotatable bonds is 5. The second kappa shape index (κ2) is 8.83. The van der Waals surface area contributed by atoms with Crippen LogP contribution in [-0.4, -0.2) is 49.0 Å². The molecule has 0 spiro atoms. The van der Waals surface area contributed by atoms with Crippen molar-refractivity contribution in [2.45, 2.75) is 19.9 Å². The molecule has 32 heavy (non-hydrogen) atoms. The van der Waals surface area contributed by atoms with Crippen LogP contribution in [0.4, 0.5) is 5.69 Å². The Kier molecular flexibility index (Phi) is 5.95. The SMILES string of the molecule is C=CCOC(=O)c1c2c(nc3ccc(C)cc13)CCN(C(=O)c1cccc(N(C)C)c1)C2. The first-order valence-corrected chi connectivity index (χ1v) is 10.7. The summed E-state index contributed by atoms with van der Waals surface area (Å²) in [5, 5.41) is 0.752. The predicted octanol–water partition coefficient (Wildman–Crippen LogP) is 4.15. The maximum Gasteiger partial charge on any atom is 0.339 e. The second-order valence-electron chi connectivity index (χ2n) is 8.24. The van der Waals surface area contributed by atoms with E-state index in [-0.39, 0.29) is 12.5 Å². The van der Waals surface area contributed by atoms with Crippen molar-refractivity contribution >= 4 is 28.5 Å². The molecule has 164 valence electrons. The van der Waals surface area contributed by atoms with Crippen LogP contribution in [0.2, 0.25) is 0 Å². The van der Waals surface area contributed by atoms with Gasteiger partial charge in [-0.15, -0.1) is 0 Å². The molecule has 0 unspecified atom stereocenters. The van der Waals surface area contributed by atoms with Crippen molar-refractivity contribution in [1.29, 1.82) is 0 Å². The van der Waals surface area contributed by atoms with Gasteiger partial charge in [-0.2, -0.15) is 0 Å². The summed E-state index contributed by atoms with van der Waals surface area (Å²) in [6.45, 7) is 6.60. The first kappa shape index (κ1) is 21.6. The van der Waals surface area contributed by atoms with Crippen LogP contribution >= 0.6 is 0 Å². The van der Waals surface area contributed by atoms with Crippen molar-refractivity contribution in [1.82, 2.24) is 9.88 Å². The van der Waals surface area contributed by atoms with Crippen molar-refractivity contribution in [2.75, 3.05) is 32.1 Å². The van der Waals surface area contributed by atoms with Crippen molar-refractivity contribution in [3.63, 3.8) is 0 Å². The molecule has 2 aromatic carbocycles. The van der Waals surface area contributed by atoms with E-state index in [9.17, 15) is 9.59 Å². The van der Waals surface area contributed by atoms with Crippen molar-refractivity contribution in [2.24, 2.45) is 0 Å². The van der Waals surface area contributed by atoms with Gasteiger partial charge in [-0.3, -0.25) is 9.78 Å². The fourth-order valence-electron chi connectivity index (χ4n) is 4.07. The lowest BCUT2D eigenvalue weighted by Gasteiger charge is -2.30. The number of aromatic nitrogens is 1. The minimum atomic E-state index is -0.414. The molecule has 4 rings (SSSR count). The summed E-state index contributed by atoms with van der Waals surface area (Å²) >= 11 is 0. The van der Waals surface area contributed by atoms with E-state index in [0.29, 0.717) is 30.6 Å². The second-order valence-corrected chi connectivity index (χ2v) is 8.24. The molecule has 1 amide bonds. The smallest absolute Gasteiger partial charge is 0.339 e. The number of carbonyl (C=O) groups excluding carboxylic acids is 2. The maximum absolute atomic E-state index is 13.3. The summed E-state index contributed by atoms with van der Waals surface area (Å²) in [4.78, 5) is 34.9. The standard InChI is InChI=1S/C26H27N3O3/c1-5-13-32-26(31)24-20-14-17(2)9-10-22(20)27-23-11-12-29(16-21(23)24)25(30)18-7-6-8-19(15-18)28(3)4/h5-10,14-15H,1,11-13,16H2,2-4H3. The number of nitrogens with zero attached hydrogens (tertiary/aromatic N) is 3. The zero-order chi connectivity index (χ0) is 22.8. The number of aryl methyl sites for hydroxylation is 1. The topological polar surface area (TPSA) is 62.7 Å². The summed E-state index contributed by atoms with van der Waals surface area (Å²) < 4.78 is 5.42. The fourth-order valence-corrected chi connectivity index (χ4v) is 4.07. The monoisotopic (exact) mass is 429 g/mol. The van der Waals surface area contributed by atoms with Gasteiger partial charge >= 0.3 is 5.97 Å². The van der Waals surface area contributed by atoms with Gasteiger partial charge in [0, 0.05) is 61.5 Å². The maximum atomic E-state index is 13.3. The van der Waals surface area contributed by atoms with E-state index in [1.807, 2.05) is 68.4 Å². The van der Waals surface area contributed by atoms with Crippen LogP contribution in [0.3, 0.4) is 0 Å². The van der Waals surface area contributed by atoms with Gasteiger partial charge in [-0.25, -0.2) is 4.79 Å². The van der Waals surface area contributed by atoms with Gasteiger partial charge in [-0.1, -0.05) is 30.4 Å². The highest BCUT2D eigenvalue weighted by atomic mass is 16.5. The van der Waals surface area contributed by atoms with E-state index < -0.39 is 5.97 Å². The number of hydrogen-bond donors (Lipinski definition) is 0. The van der Waals surface area contributed by atoms with E-state index in [4.69, 9.17) is 9.72 Å². The normalized spacial score (nSPS) is 12.9. The Morgan fingerprint density at radius 1 is 1.22 bits per heavy atom. The van der Waals surface area contributed by atoms with Crippen molar-refractivity contribution in [3.8, 4) is 0 Å². The summed E-state index contributed by atoms with van der Waals surface area (Å²) in [5.41, 5.74) is 5.48. The van der Waals surface area contributed by atoms with Gasteiger partial charge in [-0.05, 0) is 37.3 Å². The Morgan fingerprint density at radius 3 is 2.78 bits per heavy atom. The van der Waals surface area contributed by atoms with Crippen LogP contribution in [0.1, 0.15) is 37.5 Å². The lowest BCUT2D eigenvalue weighted by molar-refractivity contribution is 0.0544. The number of carbonyl (C=O) groups is 2. The molecular formula is C26H27N3O3.